The van der Waals surface area contributed by atoms with Crippen molar-refractivity contribution in [3.63, 3.8) is 0 Å². The van der Waals surface area contributed by atoms with Gasteiger partial charge in [-0.25, -0.2) is 4.39 Å². The highest BCUT2D eigenvalue weighted by Gasteiger charge is 2.31. The smallest absolute Gasteiger partial charge is 0.251 e. The van der Waals surface area contributed by atoms with Gasteiger partial charge in [-0.05, 0) is 95.3 Å². The van der Waals surface area contributed by atoms with Gasteiger partial charge in [0.2, 0.25) is 0 Å². The van der Waals surface area contributed by atoms with Gasteiger partial charge in [0.25, 0.3) is 5.91 Å². The largest absolute Gasteiger partial charge is 0.396 e. The lowest BCUT2D eigenvalue weighted by Gasteiger charge is -2.28. The SMILES string of the molecule is C=C(/C(=C\C)C(=O)NCCCCNC)c1c(C)c(Cc2cc(C)ccccc(C)cc2C)c(N)c(F)c1N1CCC(N)C1. The molecule has 1 amide bonds. The summed E-state index contributed by atoms with van der Waals surface area (Å²) < 4.78 is 16.5. The number of carbonyl (C=O) groups is 1. The highest BCUT2D eigenvalue weighted by Crippen LogP contribution is 2.42. The van der Waals surface area contributed by atoms with E-state index in [1.807, 2.05) is 37.9 Å². The summed E-state index contributed by atoms with van der Waals surface area (Å²) in [5.41, 5.74) is 20.8. The summed E-state index contributed by atoms with van der Waals surface area (Å²) in [6.45, 7) is 16.9. The number of benzene rings is 1. The Morgan fingerprint density at radius 3 is 2.37 bits per heavy atom. The van der Waals surface area contributed by atoms with E-state index in [9.17, 15) is 4.79 Å². The van der Waals surface area contributed by atoms with Gasteiger partial charge >= 0.3 is 0 Å². The van der Waals surface area contributed by atoms with Crippen LogP contribution in [0.2, 0.25) is 0 Å². The van der Waals surface area contributed by atoms with Crippen LogP contribution in [0.4, 0.5) is 15.8 Å². The third-order valence-electron chi connectivity index (χ3n) is 8.22. The van der Waals surface area contributed by atoms with Crippen LogP contribution in [0.5, 0.6) is 0 Å². The molecule has 43 heavy (non-hydrogen) atoms. The number of nitrogens with one attached hydrogen (secondary N) is 2. The van der Waals surface area contributed by atoms with Gasteiger partial charge < -0.3 is 27.0 Å². The zero-order chi connectivity index (χ0) is 31.7. The molecule has 3 rings (SSSR count). The molecule has 6 N–H and O–H groups in total. The molecule has 6 nitrogen and oxygen atoms in total. The number of allylic oxidation sites excluding steroid dienone is 1. The minimum absolute atomic E-state index is 0.0650. The molecule has 2 aromatic rings. The first-order chi connectivity index (χ1) is 20.5. The Morgan fingerprint density at radius 1 is 1.12 bits per heavy atom. The van der Waals surface area contributed by atoms with Crippen LogP contribution in [0, 0.1) is 33.5 Å². The van der Waals surface area contributed by atoms with Crippen LogP contribution < -0.4 is 27.0 Å². The zero-order valence-corrected chi connectivity index (χ0v) is 26.9. The second-order valence-electron chi connectivity index (χ2n) is 11.7. The van der Waals surface area contributed by atoms with E-state index in [0.29, 0.717) is 54.0 Å². The molecule has 0 aromatic heterocycles. The number of amides is 1. The van der Waals surface area contributed by atoms with Crippen LogP contribution in [0.1, 0.15) is 65.1 Å². The molecular weight excluding hydrogens is 537 g/mol. The van der Waals surface area contributed by atoms with E-state index in [0.717, 1.165) is 53.6 Å². The molecule has 1 unspecified atom stereocenters. The van der Waals surface area contributed by atoms with E-state index < -0.39 is 5.82 Å². The van der Waals surface area contributed by atoms with E-state index in [-0.39, 0.29) is 17.6 Å². The van der Waals surface area contributed by atoms with Crippen molar-refractivity contribution in [2.75, 3.05) is 43.9 Å². The number of hydrogen-bond donors (Lipinski definition) is 4. The van der Waals surface area contributed by atoms with Gasteiger partial charge in [-0.3, -0.25) is 4.79 Å². The van der Waals surface area contributed by atoms with Crippen molar-refractivity contribution in [1.82, 2.24) is 10.6 Å². The summed E-state index contributed by atoms with van der Waals surface area (Å²) in [7, 11) is 1.91. The van der Waals surface area contributed by atoms with Gasteiger partial charge in [-0.2, -0.15) is 0 Å². The Labute approximate surface area is 257 Å². The number of hydrogen-bond acceptors (Lipinski definition) is 5. The van der Waals surface area contributed by atoms with Gasteiger partial charge in [-0.1, -0.05) is 60.2 Å². The summed E-state index contributed by atoms with van der Waals surface area (Å²) in [6, 6.07) is 12.4. The Balaban J connectivity index is 2.18. The average Bonchev–Trinajstić information content (AvgIpc) is 3.39. The van der Waals surface area contributed by atoms with E-state index in [1.54, 1.807) is 6.08 Å². The van der Waals surface area contributed by atoms with Crippen LogP contribution >= 0.6 is 0 Å². The average molecular weight is 588 g/mol. The molecule has 7 heteroatoms. The Morgan fingerprint density at radius 2 is 1.77 bits per heavy atom. The number of anilines is 2. The van der Waals surface area contributed by atoms with E-state index in [2.05, 4.69) is 62.2 Å². The van der Waals surface area contributed by atoms with E-state index >= 15 is 4.39 Å². The summed E-state index contributed by atoms with van der Waals surface area (Å²) in [6.07, 6.45) is 4.75. The van der Waals surface area contributed by atoms with E-state index in [1.165, 1.54) is 0 Å². The highest BCUT2D eigenvalue weighted by molar-refractivity contribution is 6.10. The lowest BCUT2D eigenvalue weighted by Crippen LogP contribution is -2.30. The van der Waals surface area contributed by atoms with Crippen molar-refractivity contribution in [2.24, 2.45) is 5.73 Å². The van der Waals surface area contributed by atoms with Gasteiger partial charge in [0, 0.05) is 43.2 Å². The normalized spacial score (nSPS) is 14.9. The van der Waals surface area contributed by atoms with Crippen LogP contribution in [0.15, 0.2) is 54.6 Å². The number of nitrogens with zero attached hydrogens (tertiary/aromatic N) is 1. The van der Waals surface area contributed by atoms with Crippen molar-refractivity contribution < 1.29 is 9.18 Å². The highest BCUT2D eigenvalue weighted by atomic mass is 19.1. The number of rotatable bonds is 11. The molecule has 232 valence electrons. The van der Waals surface area contributed by atoms with Crippen molar-refractivity contribution in [3.8, 4) is 0 Å². The second-order valence-corrected chi connectivity index (χ2v) is 11.7. The maximum atomic E-state index is 16.5. The topological polar surface area (TPSA) is 96.4 Å². The molecule has 2 aromatic carbocycles. The molecule has 0 spiro atoms. The fraction of sp³-hybridized carbons (Fsp3) is 0.417. The maximum Gasteiger partial charge on any atom is 0.251 e. The Hall–Kier alpha value is -3.68. The van der Waals surface area contributed by atoms with Crippen LogP contribution in [0.25, 0.3) is 5.57 Å². The lowest BCUT2D eigenvalue weighted by molar-refractivity contribution is -0.117. The molecule has 1 heterocycles. The van der Waals surface area contributed by atoms with Crippen LogP contribution in [-0.4, -0.2) is 45.2 Å². The number of carbonyl (C=O) groups excluding carboxylic acids is 1. The molecule has 1 saturated heterocycles. The predicted molar refractivity (Wildman–Crippen MR) is 180 cm³/mol. The Kier molecular flexibility index (Phi) is 12.3. The molecule has 1 atom stereocenters. The van der Waals surface area contributed by atoms with Crippen LogP contribution in [-0.2, 0) is 11.2 Å². The molecular formula is C36H50FN5O. The summed E-state index contributed by atoms with van der Waals surface area (Å²) >= 11 is 0. The van der Waals surface area contributed by atoms with Gasteiger partial charge in [0.15, 0.2) is 5.82 Å². The molecule has 0 aliphatic carbocycles. The summed E-state index contributed by atoms with van der Waals surface area (Å²) in [4.78, 5) is 15.3. The fourth-order valence-corrected chi connectivity index (χ4v) is 5.80. The van der Waals surface area contributed by atoms with Crippen molar-refractivity contribution in [3.05, 3.63) is 99.4 Å². The predicted octanol–water partition coefficient (Wildman–Crippen LogP) is 5.97. The van der Waals surface area contributed by atoms with Gasteiger partial charge in [0.1, 0.15) is 0 Å². The first kappa shape index (κ1) is 33.8. The monoisotopic (exact) mass is 587 g/mol. The van der Waals surface area contributed by atoms with E-state index in [4.69, 9.17) is 11.5 Å². The molecule has 0 radical (unpaired) electrons. The van der Waals surface area contributed by atoms with Crippen LogP contribution in [0.3, 0.4) is 0 Å². The van der Waals surface area contributed by atoms with Crippen molar-refractivity contribution in [1.29, 1.82) is 0 Å². The minimum atomic E-state index is -0.484. The minimum Gasteiger partial charge on any atom is -0.396 e. The zero-order valence-electron chi connectivity index (χ0n) is 26.9. The number of nitrogen functional groups attached to an aromatic ring is 1. The first-order valence-electron chi connectivity index (χ1n) is 15.3. The number of nitrogens with two attached hydrogens (primary N) is 2. The number of halogens is 1. The first-order valence-corrected chi connectivity index (χ1v) is 15.3. The third kappa shape index (κ3) is 8.46. The second kappa shape index (κ2) is 15.7. The fourth-order valence-electron chi connectivity index (χ4n) is 5.80. The van der Waals surface area contributed by atoms with Crippen molar-refractivity contribution >= 4 is 22.9 Å². The molecule has 1 fully saturated rings. The van der Waals surface area contributed by atoms with Gasteiger partial charge in [-0.15, -0.1) is 0 Å². The van der Waals surface area contributed by atoms with Crippen molar-refractivity contribution in [2.45, 2.75) is 66.3 Å². The maximum absolute atomic E-state index is 16.5. The molecule has 0 bridgehead atoms. The summed E-state index contributed by atoms with van der Waals surface area (Å²) in [5.74, 6) is -0.703. The standard InChI is InChI=1S/C36H50FN5O/c1-8-30(36(43)41-17-12-11-16-40-7)26(5)32-27(6)31(34(39)33(37)35(32)42-18-15-29(38)22-42)21-28-20-24(3)14-10-9-13-23(2)19-25(28)4/h8-10,13-14,19-20,29,40H,5,11-12,15-18,21-22,38-39H2,1-4,6-7H3,(H,41,43)/b10-9?,13-9?,14-10?,23-13?,23-19?,24-14?,24-20?,25-19?,28-20?,28-25?,30-8+. The third-order valence-corrected chi connectivity index (χ3v) is 8.22. The van der Waals surface area contributed by atoms with Gasteiger partial charge in [0.05, 0.1) is 11.4 Å². The quantitative estimate of drug-likeness (QED) is 0.112. The molecule has 0 saturated carbocycles. The lowest BCUT2D eigenvalue weighted by atomic mass is 9.86. The molecule has 1 aliphatic heterocycles. The number of aryl methyl sites for hydroxylation is 3. The molecule has 1 aliphatic rings. The number of unbranched alkanes of at least 4 members (excludes halogenated alkanes) is 1. The summed E-state index contributed by atoms with van der Waals surface area (Å²) in [5, 5.41) is 6.14. The Bertz CT molecular complexity index is 1430.